The molecule has 142 valence electrons. The fraction of sp³-hybridized carbons (Fsp3) is 0.375. The van der Waals surface area contributed by atoms with E-state index in [0.29, 0.717) is 12.3 Å². The quantitative estimate of drug-likeness (QED) is 0.614. The van der Waals surface area contributed by atoms with Gasteiger partial charge in [-0.25, -0.2) is 0 Å². The van der Waals surface area contributed by atoms with Gasteiger partial charge in [0.1, 0.15) is 0 Å². The Labute approximate surface area is 162 Å². The number of amides is 1. The SMILES string of the molecule is CC(C)CNC(=O)C[C@@H](c1cn(C)c2ccccc12)[C@@H](C)c1ccccc1. The van der Waals surface area contributed by atoms with E-state index < -0.39 is 0 Å². The molecule has 0 spiro atoms. The molecule has 27 heavy (non-hydrogen) atoms. The third kappa shape index (κ3) is 4.41. The van der Waals surface area contributed by atoms with Crippen molar-refractivity contribution in [3.8, 4) is 0 Å². The number of aryl methyl sites for hydroxylation is 1. The zero-order valence-corrected chi connectivity index (χ0v) is 16.8. The van der Waals surface area contributed by atoms with Crippen molar-refractivity contribution < 1.29 is 4.79 Å². The molecule has 3 rings (SSSR count). The highest BCUT2D eigenvalue weighted by Gasteiger charge is 2.26. The Morgan fingerprint density at radius 1 is 1.00 bits per heavy atom. The second-order valence-corrected chi connectivity index (χ2v) is 7.92. The Balaban J connectivity index is 1.97. The number of carbonyl (C=O) groups is 1. The smallest absolute Gasteiger partial charge is 0.220 e. The number of benzene rings is 2. The van der Waals surface area contributed by atoms with Crippen LogP contribution in [0.25, 0.3) is 10.9 Å². The maximum Gasteiger partial charge on any atom is 0.220 e. The molecule has 0 radical (unpaired) electrons. The molecule has 1 heterocycles. The van der Waals surface area contributed by atoms with Crippen molar-refractivity contribution >= 4 is 16.8 Å². The monoisotopic (exact) mass is 362 g/mol. The minimum Gasteiger partial charge on any atom is -0.356 e. The maximum atomic E-state index is 12.7. The standard InChI is InChI=1S/C24H30N2O/c1-17(2)15-25-24(27)14-21(18(3)19-10-6-5-7-11-19)22-16-26(4)23-13-9-8-12-20(22)23/h5-13,16-18,21H,14-15H2,1-4H3,(H,25,27)/t18-,21+/m0/s1. The molecule has 3 aromatic rings. The predicted molar refractivity (Wildman–Crippen MR) is 113 cm³/mol. The summed E-state index contributed by atoms with van der Waals surface area (Å²) in [5, 5.41) is 4.34. The normalized spacial score (nSPS) is 13.7. The summed E-state index contributed by atoms with van der Waals surface area (Å²) in [5.41, 5.74) is 3.73. The van der Waals surface area contributed by atoms with Gasteiger partial charge >= 0.3 is 0 Å². The second-order valence-electron chi connectivity index (χ2n) is 7.92. The topological polar surface area (TPSA) is 34.0 Å². The molecular formula is C24H30N2O. The number of fused-ring (bicyclic) bond motifs is 1. The molecule has 3 nitrogen and oxygen atoms in total. The van der Waals surface area contributed by atoms with E-state index in [1.807, 2.05) is 6.07 Å². The first-order chi connectivity index (χ1) is 13.0. The number of hydrogen-bond donors (Lipinski definition) is 1. The van der Waals surface area contributed by atoms with Crippen molar-refractivity contribution in [1.82, 2.24) is 9.88 Å². The van der Waals surface area contributed by atoms with Crippen LogP contribution < -0.4 is 5.32 Å². The van der Waals surface area contributed by atoms with Crippen LogP contribution >= 0.6 is 0 Å². The molecule has 1 N–H and O–H groups in total. The number of nitrogens with zero attached hydrogens (tertiary/aromatic N) is 1. The van der Waals surface area contributed by atoms with Gasteiger partial charge in [-0.3, -0.25) is 4.79 Å². The van der Waals surface area contributed by atoms with Crippen molar-refractivity contribution in [2.24, 2.45) is 13.0 Å². The lowest BCUT2D eigenvalue weighted by Crippen LogP contribution is -2.29. The van der Waals surface area contributed by atoms with Crippen LogP contribution in [-0.2, 0) is 11.8 Å². The van der Waals surface area contributed by atoms with E-state index in [1.54, 1.807) is 0 Å². The minimum absolute atomic E-state index is 0.129. The summed E-state index contributed by atoms with van der Waals surface area (Å²) in [6.45, 7) is 7.20. The molecular weight excluding hydrogens is 332 g/mol. The van der Waals surface area contributed by atoms with Crippen molar-refractivity contribution in [3.63, 3.8) is 0 Å². The van der Waals surface area contributed by atoms with E-state index in [-0.39, 0.29) is 17.7 Å². The van der Waals surface area contributed by atoms with Crippen LogP contribution in [0.5, 0.6) is 0 Å². The van der Waals surface area contributed by atoms with E-state index in [4.69, 9.17) is 0 Å². The molecule has 3 heteroatoms. The van der Waals surface area contributed by atoms with Gasteiger partial charge in [0.2, 0.25) is 5.91 Å². The molecule has 0 bridgehead atoms. The fourth-order valence-electron chi connectivity index (χ4n) is 3.80. The van der Waals surface area contributed by atoms with Gasteiger partial charge in [-0.2, -0.15) is 0 Å². The van der Waals surface area contributed by atoms with Gasteiger partial charge in [0.05, 0.1) is 0 Å². The number of carbonyl (C=O) groups excluding carboxylic acids is 1. The summed E-state index contributed by atoms with van der Waals surface area (Å²) in [7, 11) is 2.08. The van der Waals surface area contributed by atoms with Crippen LogP contribution in [-0.4, -0.2) is 17.0 Å². The summed E-state index contributed by atoms with van der Waals surface area (Å²) < 4.78 is 2.17. The first kappa shape index (κ1) is 19.2. The van der Waals surface area contributed by atoms with E-state index >= 15 is 0 Å². The van der Waals surface area contributed by atoms with Crippen LogP contribution in [0.3, 0.4) is 0 Å². The maximum absolute atomic E-state index is 12.7. The van der Waals surface area contributed by atoms with E-state index in [1.165, 1.54) is 22.0 Å². The van der Waals surface area contributed by atoms with Crippen molar-refractivity contribution in [1.29, 1.82) is 0 Å². The zero-order valence-electron chi connectivity index (χ0n) is 16.8. The highest BCUT2D eigenvalue weighted by atomic mass is 16.1. The molecule has 0 saturated carbocycles. The molecule has 1 aromatic heterocycles. The summed E-state index contributed by atoms with van der Waals surface area (Å²) in [5.74, 6) is 0.966. The molecule has 0 aliphatic carbocycles. The van der Waals surface area contributed by atoms with Gasteiger partial charge < -0.3 is 9.88 Å². The Morgan fingerprint density at radius 2 is 1.67 bits per heavy atom. The van der Waals surface area contributed by atoms with E-state index in [0.717, 1.165) is 6.54 Å². The van der Waals surface area contributed by atoms with Crippen molar-refractivity contribution in [2.45, 2.75) is 39.0 Å². The summed E-state index contributed by atoms with van der Waals surface area (Å²) in [6.07, 6.45) is 2.70. The van der Waals surface area contributed by atoms with Crippen LogP contribution in [0.4, 0.5) is 0 Å². The second kappa shape index (κ2) is 8.43. The molecule has 0 aliphatic heterocycles. The van der Waals surface area contributed by atoms with Crippen molar-refractivity contribution in [2.75, 3.05) is 6.54 Å². The highest BCUT2D eigenvalue weighted by Crippen LogP contribution is 2.39. The first-order valence-electron chi connectivity index (χ1n) is 9.83. The molecule has 2 atom stereocenters. The predicted octanol–water partition coefficient (Wildman–Crippen LogP) is 5.23. The third-order valence-corrected chi connectivity index (χ3v) is 5.37. The van der Waals surface area contributed by atoms with E-state index in [9.17, 15) is 4.79 Å². The Kier molecular flexibility index (Phi) is 6.00. The number of nitrogens with one attached hydrogen (secondary N) is 1. The largest absolute Gasteiger partial charge is 0.356 e. The third-order valence-electron chi connectivity index (χ3n) is 5.37. The van der Waals surface area contributed by atoms with Crippen LogP contribution in [0.15, 0.2) is 60.8 Å². The summed E-state index contributed by atoms with van der Waals surface area (Å²) >= 11 is 0. The molecule has 0 fully saturated rings. The van der Waals surface area contributed by atoms with Gasteiger partial charge in [-0.1, -0.05) is 69.3 Å². The summed E-state index contributed by atoms with van der Waals surface area (Å²) in [4.78, 5) is 12.7. The average molecular weight is 363 g/mol. The highest BCUT2D eigenvalue weighted by molar-refractivity contribution is 5.86. The number of rotatable bonds is 7. The van der Waals surface area contributed by atoms with Gasteiger partial charge in [0.15, 0.2) is 0 Å². The average Bonchev–Trinajstić information content (AvgIpc) is 3.01. The minimum atomic E-state index is 0.129. The summed E-state index contributed by atoms with van der Waals surface area (Å²) in [6, 6.07) is 19.0. The zero-order chi connectivity index (χ0) is 19.4. The number of hydrogen-bond acceptors (Lipinski definition) is 1. The van der Waals surface area contributed by atoms with Gasteiger partial charge in [-0.15, -0.1) is 0 Å². The molecule has 1 amide bonds. The fourth-order valence-corrected chi connectivity index (χ4v) is 3.80. The number of para-hydroxylation sites is 1. The van der Waals surface area contributed by atoms with Gasteiger partial charge in [0, 0.05) is 43.0 Å². The van der Waals surface area contributed by atoms with Crippen molar-refractivity contribution in [3.05, 3.63) is 71.9 Å². The molecule has 2 aromatic carbocycles. The first-order valence-corrected chi connectivity index (χ1v) is 9.83. The van der Waals surface area contributed by atoms with Crippen LogP contribution in [0.2, 0.25) is 0 Å². The van der Waals surface area contributed by atoms with Gasteiger partial charge in [-0.05, 0) is 29.0 Å². The van der Waals surface area contributed by atoms with E-state index in [2.05, 4.69) is 92.4 Å². The molecule has 0 aliphatic rings. The Hall–Kier alpha value is -2.55. The number of aromatic nitrogens is 1. The lowest BCUT2D eigenvalue weighted by Gasteiger charge is -2.24. The van der Waals surface area contributed by atoms with Crippen LogP contribution in [0.1, 0.15) is 50.2 Å². The Morgan fingerprint density at radius 3 is 2.37 bits per heavy atom. The molecule has 0 saturated heterocycles. The Bertz CT molecular complexity index is 895. The molecule has 0 unspecified atom stereocenters. The lowest BCUT2D eigenvalue weighted by molar-refractivity contribution is -0.121. The lowest BCUT2D eigenvalue weighted by atomic mass is 9.80. The van der Waals surface area contributed by atoms with Gasteiger partial charge in [0.25, 0.3) is 0 Å². The van der Waals surface area contributed by atoms with Crippen LogP contribution in [0, 0.1) is 5.92 Å².